The fourth-order valence-electron chi connectivity index (χ4n) is 3.72. The van der Waals surface area contributed by atoms with Crippen LogP contribution in [0.1, 0.15) is 30.0 Å². The molecule has 2 aromatic carbocycles. The molecule has 0 aliphatic carbocycles. The van der Waals surface area contributed by atoms with Crippen molar-refractivity contribution in [1.29, 1.82) is 0 Å². The Morgan fingerprint density at radius 2 is 1.81 bits per heavy atom. The summed E-state index contributed by atoms with van der Waals surface area (Å²) in [5.74, 6) is -2.27. The molecule has 6 nitrogen and oxygen atoms in total. The number of aliphatic hydroxyl groups is 1. The number of hydrogen-bond acceptors (Lipinski definition) is 4. The first-order valence-electron chi connectivity index (χ1n) is 9.76. The van der Waals surface area contributed by atoms with Crippen LogP contribution in [0.15, 0.2) is 59.5 Å². The molecule has 31 heavy (non-hydrogen) atoms. The van der Waals surface area contributed by atoms with Crippen LogP contribution in [-0.2, 0) is 14.6 Å². The topological polar surface area (TPSA) is 96.6 Å². The first kappa shape index (κ1) is 22.7. The van der Waals surface area contributed by atoms with E-state index in [2.05, 4.69) is 0 Å². The maximum atomic E-state index is 14.0. The SMILES string of the molecule is Cc1c(C(CCCO)C(=O)O)cc(-c2ccc(S(C)(=O)=O)cc2)n1-c1cccc(F)c1. The van der Waals surface area contributed by atoms with Crippen molar-refractivity contribution in [2.24, 2.45) is 0 Å². The van der Waals surface area contributed by atoms with Crippen LogP contribution in [0.25, 0.3) is 16.9 Å². The summed E-state index contributed by atoms with van der Waals surface area (Å²) in [5.41, 5.74) is 3.01. The number of aliphatic carboxylic acids is 1. The molecule has 1 unspecified atom stereocenters. The lowest BCUT2D eigenvalue weighted by molar-refractivity contribution is -0.139. The van der Waals surface area contributed by atoms with E-state index in [1.165, 1.54) is 24.3 Å². The minimum Gasteiger partial charge on any atom is -0.481 e. The molecule has 0 saturated heterocycles. The number of aliphatic hydroxyl groups excluding tert-OH is 1. The van der Waals surface area contributed by atoms with Gasteiger partial charge in [0.25, 0.3) is 0 Å². The number of carbonyl (C=O) groups is 1. The summed E-state index contributed by atoms with van der Waals surface area (Å²) in [5, 5.41) is 18.9. The van der Waals surface area contributed by atoms with E-state index in [1.54, 1.807) is 41.8 Å². The average Bonchev–Trinajstić information content (AvgIpc) is 3.04. The number of carboxylic acid groups (broad SMARTS) is 1. The summed E-state index contributed by atoms with van der Waals surface area (Å²) in [7, 11) is -3.37. The van der Waals surface area contributed by atoms with Gasteiger partial charge in [-0.15, -0.1) is 0 Å². The van der Waals surface area contributed by atoms with Gasteiger partial charge in [-0.25, -0.2) is 12.8 Å². The zero-order chi connectivity index (χ0) is 22.8. The standard InChI is InChI=1S/C23H24FNO5S/c1-15-21(20(23(27)28)7-4-12-26)14-22(25(15)18-6-3-5-17(24)13-18)16-8-10-19(11-9-16)31(2,29)30/h3,5-6,8-11,13-14,20,26H,4,7,12H2,1-2H3,(H,27,28). The maximum Gasteiger partial charge on any atom is 0.311 e. The molecule has 0 fully saturated rings. The molecule has 0 saturated carbocycles. The molecular weight excluding hydrogens is 421 g/mol. The molecule has 164 valence electrons. The van der Waals surface area contributed by atoms with Crippen molar-refractivity contribution in [3.63, 3.8) is 0 Å². The van der Waals surface area contributed by atoms with Gasteiger partial charge < -0.3 is 14.8 Å². The van der Waals surface area contributed by atoms with Crippen molar-refractivity contribution >= 4 is 15.8 Å². The van der Waals surface area contributed by atoms with Crippen LogP contribution in [0.5, 0.6) is 0 Å². The van der Waals surface area contributed by atoms with Gasteiger partial charge in [0.1, 0.15) is 5.82 Å². The number of hydrogen-bond donors (Lipinski definition) is 2. The largest absolute Gasteiger partial charge is 0.481 e. The zero-order valence-corrected chi connectivity index (χ0v) is 18.1. The third-order valence-corrected chi connectivity index (χ3v) is 6.38. The van der Waals surface area contributed by atoms with Crippen LogP contribution in [0.4, 0.5) is 4.39 Å². The average molecular weight is 446 g/mol. The number of aromatic nitrogens is 1. The monoisotopic (exact) mass is 445 g/mol. The molecule has 0 amide bonds. The van der Waals surface area contributed by atoms with Crippen molar-refractivity contribution in [3.8, 4) is 16.9 Å². The van der Waals surface area contributed by atoms with E-state index in [0.717, 1.165) is 6.26 Å². The van der Waals surface area contributed by atoms with Crippen molar-refractivity contribution in [1.82, 2.24) is 4.57 Å². The van der Waals surface area contributed by atoms with E-state index in [1.807, 2.05) is 0 Å². The fraction of sp³-hybridized carbons (Fsp3) is 0.261. The summed E-state index contributed by atoms with van der Waals surface area (Å²) < 4.78 is 39.3. The molecule has 0 bridgehead atoms. The van der Waals surface area contributed by atoms with Crippen molar-refractivity contribution in [3.05, 3.63) is 71.7 Å². The van der Waals surface area contributed by atoms with Gasteiger partial charge in [0.05, 0.1) is 16.5 Å². The number of benzene rings is 2. The van der Waals surface area contributed by atoms with Gasteiger partial charge in [-0.1, -0.05) is 18.2 Å². The van der Waals surface area contributed by atoms with E-state index in [-0.39, 0.29) is 17.9 Å². The highest BCUT2D eigenvalue weighted by Crippen LogP contribution is 2.35. The highest BCUT2D eigenvalue weighted by atomic mass is 32.2. The number of nitrogens with zero attached hydrogens (tertiary/aromatic N) is 1. The second-order valence-corrected chi connectivity index (χ2v) is 9.45. The lowest BCUT2D eigenvalue weighted by atomic mass is 9.94. The molecule has 8 heteroatoms. The van der Waals surface area contributed by atoms with E-state index in [9.17, 15) is 22.7 Å². The summed E-state index contributed by atoms with van der Waals surface area (Å²) in [6.07, 6.45) is 1.71. The first-order chi connectivity index (χ1) is 14.6. The Morgan fingerprint density at radius 3 is 2.35 bits per heavy atom. The van der Waals surface area contributed by atoms with Gasteiger partial charge in [-0.3, -0.25) is 4.79 Å². The second-order valence-electron chi connectivity index (χ2n) is 7.44. The molecule has 0 spiro atoms. The third kappa shape index (κ3) is 4.86. The molecule has 1 heterocycles. The van der Waals surface area contributed by atoms with Crippen LogP contribution in [-0.4, -0.2) is 42.0 Å². The van der Waals surface area contributed by atoms with Gasteiger partial charge >= 0.3 is 5.97 Å². The highest BCUT2D eigenvalue weighted by Gasteiger charge is 2.26. The van der Waals surface area contributed by atoms with E-state index >= 15 is 0 Å². The van der Waals surface area contributed by atoms with Gasteiger partial charge in [0.15, 0.2) is 9.84 Å². The maximum absolute atomic E-state index is 14.0. The Kier molecular flexibility index (Phi) is 6.62. The van der Waals surface area contributed by atoms with Gasteiger partial charge in [0.2, 0.25) is 0 Å². The molecule has 0 aliphatic heterocycles. The quantitative estimate of drug-likeness (QED) is 0.548. The predicted molar refractivity (Wildman–Crippen MR) is 116 cm³/mol. The lowest BCUT2D eigenvalue weighted by Crippen LogP contribution is -2.13. The lowest BCUT2D eigenvalue weighted by Gasteiger charge is -2.15. The minimum absolute atomic E-state index is 0.118. The van der Waals surface area contributed by atoms with Gasteiger partial charge in [-0.05, 0) is 67.3 Å². The van der Waals surface area contributed by atoms with Crippen LogP contribution >= 0.6 is 0 Å². The van der Waals surface area contributed by atoms with Crippen molar-refractivity contribution in [2.75, 3.05) is 12.9 Å². The summed E-state index contributed by atoms with van der Waals surface area (Å²) >= 11 is 0. The Labute approximate surface area is 180 Å². The minimum atomic E-state index is -3.37. The highest BCUT2D eigenvalue weighted by molar-refractivity contribution is 7.90. The molecule has 3 aromatic rings. The Morgan fingerprint density at radius 1 is 1.13 bits per heavy atom. The molecule has 2 N–H and O–H groups in total. The van der Waals surface area contributed by atoms with Gasteiger partial charge in [0, 0.05) is 24.2 Å². The molecule has 0 radical (unpaired) electrons. The van der Waals surface area contributed by atoms with E-state index in [4.69, 9.17) is 5.11 Å². The smallest absolute Gasteiger partial charge is 0.311 e. The molecule has 1 atom stereocenters. The van der Waals surface area contributed by atoms with E-state index in [0.29, 0.717) is 34.6 Å². The normalized spacial score (nSPS) is 12.6. The number of sulfone groups is 1. The molecule has 3 rings (SSSR count). The van der Waals surface area contributed by atoms with Crippen molar-refractivity contribution < 1.29 is 27.8 Å². The van der Waals surface area contributed by atoms with Crippen LogP contribution in [0.3, 0.4) is 0 Å². The zero-order valence-electron chi connectivity index (χ0n) is 17.2. The second kappa shape index (κ2) is 9.03. The Bertz CT molecular complexity index is 1200. The summed E-state index contributed by atoms with van der Waals surface area (Å²) in [6.45, 7) is 1.65. The summed E-state index contributed by atoms with van der Waals surface area (Å²) in [6, 6.07) is 14.0. The number of rotatable bonds is 8. The Hall–Kier alpha value is -2.97. The van der Waals surface area contributed by atoms with Crippen molar-refractivity contribution in [2.45, 2.75) is 30.6 Å². The molecule has 1 aromatic heterocycles. The molecular formula is C23H24FNO5S. The van der Waals surface area contributed by atoms with E-state index < -0.39 is 27.5 Å². The fourth-order valence-corrected chi connectivity index (χ4v) is 4.35. The summed E-state index contributed by atoms with van der Waals surface area (Å²) in [4.78, 5) is 12.1. The number of carboxylic acids is 1. The van der Waals surface area contributed by atoms with Crippen LogP contribution in [0, 0.1) is 12.7 Å². The molecule has 0 aliphatic rings. The first-order valence-corrected chi connectivity index (χ1v) is 11.6. The third-order valence-electron chi connectivity index (χ3n) is 5.26. The van der Waals surface area contributed by atoms with Crippen LogP contribution < -0.4 is 0 Å². The Balaban J connectivity index is 2.22. The van der Waals surface area contributed by atoms with Crippen LogP contribution in [0.2, 0.25) is 0 Å². The predicted octanol–water partition coefficient (Wildman–Crippen LogP) is 3.94. The van der Waals surface area contributed by atoms with Gasteiger partial charge in [-0.2, -0.15) is 0 Å². The number of halogens is 1.